The molecule has 0 unspecified atom stereocenters. The number of pyridine rings is 1. The van der Waals surface area contributed by atoms with E-state index in [1.54, 1.807) is 15.5 Å². The fourth-order valence-electron chi connectivity index (χ4n) is 3.19. The van der Waals surface area contributed by atoms with Crippen molar-refractivity contribution < 1.29 is 4.79 Å². The molecule has 4 rings (SSSR count). The molecule has 0 bridgehead atoms. The number of fused-ring (bicyclic) bond motifs is 5. The van der Waals surface area contributed by atoms with E-state index in [0.717, 1.165) is 5.56 Å². The van der Waals surface area contributed by atoms with Crippen molar-refractivity contribution in [3.8, 4) is 11.3 Å². The van der Waals surface area contributed by atoms with Crippen LogP contribution in [0.3, 0.4) is 0 Å². The number of carbonyl (C=O) groups is 1. The second-order valence-electron chi connectivity index (χ2n) is 5.62. The van der Waals surface area contributed by atoms with Crippen LogP contribution in [-0.2, 0) is 0 Å². The fraction of sp³-hybridized carbons (Fsp3) is 0.111. The lowest BCUT2D eigenvalue weighted by molar-refractivity contribution is 0.0973. The number of aromatic nitrogens is 1. The number of hydrogen-bond acceptors (Lipinski definition) is 3. The van der Waals surface area contributed by atoms with Crippen molar-refractivity contribution in [3.05, 3.63) is 64.3 Å². The van der Waals surface area contributed by atoms with E-state index in [4.69, 9.17) is 0 Å². The molecule has 108 valence electrons. The second kappa shape index (κ2) is 4.31. The highest BCUT2D eigenvalue weighted by atomic mass is 16.2. The van der Waals surface area contributed by atoms with Gasteiger partial charge in [-0.2, -0.15) is 0 Å². The van der Waals surface area contributed by atoms with Gasteiger partial charge in [-0.05, 0) is 18.2 Å². The number of benzene rings is 2. The van der Waals surface area contributed by atoms with Crippen molar-refractivity contribution >= 4 is 22.5 Å². The molecule has 2 aromatic carbocycles. The van der Waals surface area contributed by atoms with Crippen LogP contribution in [0.25, 0.3) is 22.2 Å². The highest BCUT2D eigenvalue weighted by Crippen LogP contribution is 2.38. The van der Waals surface area contributed by atoms with E-state index in [2.05, 4.69) is 0 Å². The van der Waals surface area contributed by atoms with Crippen LogP contribution in [0.15, 0.2) is 53.3 Å². The first-order chi connectivity index (χ1) is 10.6. The van der Waals surface area contributed by atoms with Gasteiger partial charge in [-0.3, -0.25) is 14.2 Å². The molecule has 1 aliphatic heterocycles. The van der Waals surface area contributed by atoms with Gasteiger partial charge in [-0.25, -0.2) is 0 Å². The molecule has 0 spiro atoms. The van der Waals surface area contributed by atoms with Crippen LogP contribution < -0.4 is 10.3 Å². The minimum absolute atomic E-state index is 0.0450. The Kier molecular flexibility index (Phi) is 2.51. The standard InChI is InChI=1S/C18H14N2O2/c1-19(2)16-15-11-7-3-4-8-12(11)18(22)20(15)14-10-6-5-9-13(14)17(16)21/h3-10H,1-2H3. The number of rotatable bonds is 1. The lowest BCUT2D eigenvalue weighted by atomic mass is 10.0. The molecular formula is C18H14N2O2. The average Bonchev–Trinajstić information content (AvgIpc) is 2.81. The van der Waals surface area contributed by atoms with Crippen molar-refractivity contribution in [1.29, 1.82) is 0 Å². The summed E-state index contributed by atoms with van der Waals surface area (Å²) in [5.41, 5.74) is 3.32. The maximum atomic E-state index is 12.9. The van der Waals surface area contributed by atoms with Crippen molar-refractivity contribution in [2.45, 2.75) is 0 Å². The van der Waals surface area contributed by atoms with E-state index in [1.807, 2.05) is 56.6 Å². The van der Waals surface area contributed by atoms with E-state index in [9.17, 15) is 9.59 Å². The van der Waals surface area contributed by atoms with Crippen molar-refractivity contribution in [2.75, 3.05) is 19.0 Å². The number of hydrogen-bond donors (Lipinski definition) is 0. The monoisotopic (exact) mass is 290 g/mol. The van der Waals surface area contributed by atoms with Crippen molar-refractivity contribution in [1.82, 2.24) is 4.57 Å². The maximum Gasteiger partial charge on any atom is 0.263 e. The molecule has 1 aliphatic rings. The first-order valence-corrected chi connectivity index (χ1v) is 7.10. The zero-order chi connectivity index (χ0) is 15.4. The van der Waals surface area contributed by atoms with Gasteiger partial charge in [0.25, 0.3) is 5.91 Å². The first kappa shape index (κ1) is 12.8. The third kappa shape index (κ3) is 1.46. The number of carbonyl (C=O) groups excluding carboxylic acids is 1. The molecule has 1 aromatic heterocycles. The molecule has 0 fully saturated rings. The van der Waals surface area contributed by atoms with Gasteiger partial charge in [0.15, 0.2) is 0 Å². The molecule has 0 saturated heterocycles. The van der Waals surface area contributed by atoms with Crippen LogP contribution >= 0.6 is 0 Å². The van der Waals surface area contributed by atoms with E-state index in [-0.39, 0.29) is 11.3 Å². The Balaban J connectivity index is 2.30. The minimum atomic E-state index is -0.0788. The van der Waals surface area contributed by atoms with Gasteiger partial charge in [0.1, 0.15) is 5.69 Å². The quantitative estimate of drug-likeness (QED) is 0.541. The summed E-state index contributed by atoms with van der Waals surface area (Å²) in [6.07, 6.45) is 0. The zero-order valence-electron chi connectivity index (χ0n) is 12.3. The largest absolute Gasteiger partial charge is 0.373 e. The summed E-state index contributed by atoms with van der Waals surface area (Å²) < 4.78 is 1.66. The molecular weight excluding hydrogens is 276 g/mol. The Labute approximate surface area is 127 Å². The van der Waals surface area contributed by atoms with Crippen LogP contribution in [0.1, 0.15) is 10.4 Å². The van der Waals surface area contributed by atoms with Gasteiger partial charge in [0, 0.05) is 30.6 Å². The second-order valence-corrected chi connectivity index (χ2v) is 5.62. The van der Waals surface area contributed by atoms with Crippen molar-refractivity contribution in [2.24, 2.45) is 0 Å². The highest BCUT2D eigenvalue weighted by Gasteiger charge is 2.31. The highest BCUT2D eigenvalue weighted by molar-refractivity contribution is 6.15. The molecule has 2 heterocycles. The minimum Gasteiger partial charge on any atom is -0.373 e. The molecule has 0 atom stereocenters. The topological polar surface area (TPSA) is 42.3 Å². The molecule has 4 heteroatoms. The summed E-state index contributed by atoms with van der Waals surface area (Å²) in [6.45, 7) is 0. The zero-order valence-corrected chi connectivity index (χ0v) is 12.3. The molecule has 0 N–H and O–H groups in total. The van der Waals surface area contributed by atoms with E-state index < -0.39 is 0 Å². The van der Waals surface area contributed by atoms with Gasteiger partial charge >= 0.3 is 0 Å². The molecule has 0 radical (unpaired) electrons. The van der Waals surface area contributed by atoms with Gasteiger partial charge in [-0.15, -0.1) is 0 Å². The summed E-state index contributed by atoms with van der Waals surface area (Å²) in [6, 6.07) is 14.7. The molecule has 0 saturated carbocycles. The van der Waals surface area contributed by atoms with Crippen LogP contribution in [0.4, 0.5) is 5.69 Å². The summed E-state index contributed by atoms with van der Waals surface area (Å²) in [5.74, 6) is -0.0788. The van der Waals surface area contributed by atoms with Crippen molar-refractivity contribution in [3.63, 3.8) is 0 Å². The predicted molar refractivity (Wildman–Crippen MR) is 87.7 cm³/mol. The number of nitrogens with zero attached hydrogens (tertiary/aromatic N) is 2. The van der Waals surface area contributed by atoms with Crippen LogP contribution in [0.5, 0.6) is 0 Å². The normalized spacial score (nSPS) is 12.4. The third-order valence-electron chi connectivity index (χ3n) is 4.12. The smallest absolute Gasteiger partial charge is 0.263 e. The maximum absolute atomic E-state index is 12.9. The SMILES string of the molecule is CN(C)c1c2n(c3ccccc3c1=O)C(=O)c1ccccc1-2. The lowest BCUT2D eigenvalue weighted by Crippen LogP contribution is -2.23. The average molecular weight is 290 g/mol. The Morgan fingerprint density at radius 3 is 2.23 bits per heavy atom. The van der Waals surface area contributed by atoms with E-state index in [1.165, 1.54) is 0 Å². The molecule has 0 aliphatic carbocycles. The molecule has 3 aromatic rings. The summed E-state index contributed by atoms with van der Waals surface area (Å²) in [5, 5.41) is 0.566. The Hall–Kier alpha value is -2.88. The fourth-order valence-corrected chi connectivity index (χ4v) is 3.19. The Morgan fingerprint density at radius 2 is 1.50 bits per heavy atom. The van der Waals surface area contributed by atoms with Gasteiger partial charge in [0.2, 0.25) is 5.43 Å². The molecule has 22 heavy (non-hydrogen) atoms. The predicted octanol–water partition coefficient (Wildman–Crippen LogP) is 2.74. The summed E-state index contributed by atoms with van der Waals surface area (Å²) in [7, 11) is 3.66. The van der Waals surface area contributed by atoms with Gasteiger partial charge < -0.3 is 4.90 Å². The van der Waals surface area contributed by atoms with Crippen LogP contribution in [-0.4, -0.2) is 24.6 Å². The lowest BCUT2D eigenvalue weighted by Gasteiger charge is -2.18. The Bertz CT molecular complexity index is 1000. The summed E-state index contributed by atoms with van der Waals surface area (Å²) >= 11 is 0. The van der Waals surface area contributed by atoms with E-state index in [0.29, 0.717) is 27.8 Å². The molecule has 0 amide bonds. The van der Waals surface area contributed by atoms with Crippen LogP contribution in [0.2, 0.25) is 0 Å². The number of para-hydroxylation sites is 1. The van der Waals surface area contributed by atoms with E-state index >= 15 is 0 Å². The number of anilines is 1. The van der Waals surface area contributed by atoms with Crippen LogP contribution in [0, 0.1) is 0 Å². The first-order valence-electron chi connectivity index (χ1n) is 7.10. The third-order valence-corrected chi connectivity index (χ3v) is 4.12. The summed E-state index contributed by atoms with van der Waals surface area (Å²) in [4.78, 5) is 27.5. The van der Waals surface area contributed by atoms with Gasteiger partial charge in [0.05, 0.1) is 11.2 Å². The Morgan fingerprint density at radius 1 is 0.864 bits per heavy atom. The van der Waals surface area contributed by atoms with Gasteiger partial charge in [-0.1, -0.05) is 30.3 Å². The molecule has 4 nitrogen and oxygen atoms in total.